The van der Waals surface area contributed by atoms with Crippen molar-refractivity contribution < 1.29 is 14.2 Å². The van der Waals surface area contributed by atoms with Crippen molar-refractivity contribution in [2.75, 3.05) is 19.8 Å². The fourth-order valence-corrected chi connectivity index (χ4v) is 9.08. The van der Waals surface area contributed by atoms with Gasteiger partial charge in [-0.25, -0.2) is 0 Å². The minimum atomic E-state index is 0. The van der Waals surface area contributed by atoms with E-state index in [1.54, 1.807) is 0 Å². The lowest BCUT2D eigenvalue weighted by Gasteiger charge is -2.16. The summed E-state index contributed by atoms with van der Waals surface area (Å²) in [4.78, 5) is 0. The Kier molecular flexibility index (Phi) is 92.3. The molecule has 0 N–H and O–H groups in total. The molecule has 3 nitrogen and oxygen atoms in total. The van der Waals surface area contributed by atoms with E-state index in [1.807, 2.05) is 0 Å². The number of unbranched alkanes of at least 4 members (excludes halogenated alkanes) is 2. The second kappa shape index (κ2) is 74.3. The van der Waals surface area contributed by atoms with Gasteiger partial charge in [-0.1, -0.05) is 314 Å². The first-order valence-electron chi connectivity index (χ1n) is 38.2. The molecule has 0 aromatic heterocycles. The topological polar surface area (TPSA) is 27.7 Å². The van der Waals surface area contributed by atoms with Gasteiger partial charge in [0, 0.05) is 19.8 Å². The van der Waals surface area contributed by atoms with Gasteiger partial charge >= 0.3 is 0 Å². The van der Waals surface area contributed by atoms with Crippen LogP contribution in [0.2, 0.25) is 0 Å². The molecule has 0 bridgehead atoms. The van der Waals surface area contributed by atoms with Crippen LogP contribution < -0.4 is 0 Å². The average Bonchev–Trinajstić information content (AvgIpc) is 4.17. The van der Waals surface area contributed by atoms with Crippen LogP contribution in [0.5, 0.6) is 0 Å². The zero-order chi connectivity index (χ0) is 69.2. The van der Waals surface area contributed by atoms with Crippen LogP contribution >= 0.6 is 0 Å². The van der Waals surface area contributed by atoms with Crippen LogP contribution in [0.15, 0.2) is 0 Å². The van der Waals surface area contributed by atoms with Crippen molar-refractivity contribution in [3.63, 3.8) is 0 Å². The van der Waals surface area contributed by atoms with Crippen LogP contribution in [0.25, 0.3) is 0 Å². The summed E-state index contributed by atoms with van der Waals surface area (Å²) in [5.74, 6) is 17.8. The van der Waals surface area contributed by atoms with Gasteiger partial charge in [0.25, 0.3) is 0 Å². The molecule has 1 rings (SSSR count). The lowest BCUT2D eigenvalue weighted by Crippen LogP contribution is -2.06. The standard InChI is InChI=1S/C11H24.C10H22O.C10H22.C9H20O.C9H18.2C9H20.C8H18O.C8H18.2CH4/c1-9(2)7-6-8-11(5)10(3)4;1-9(2)7-5-6-8-11-10(3)4;1-9(2)7-5-6-8-10(3)4;1-8(2)6-5-7-10-9(3)4;1-6(2)8-5-9(8)7(3)4;2*1-7(2)6-9(5)8(3)4;1-7(2)5-6-9-8(3)4;1-7(2)5-6-8(3)4;;/h9-11H,6-8H2,1-5H3;9-10H,5-8H2,1-4H3;9-10H,5-8H2,1-4H3;8-9H,5-7H2,1-4H3;6-9H,5H2,1-4H3;2*7-9H,6H2,1-5H3;7-8H,5-6H2,1-4H3;7-8H,5-6H2,1-4H3;2*1H4. The van der Waals surface area contributed by atoms with Crippen molar-refractivity contribution in [3.8, 4) is 0 Å². The molecule has 0 saturated heterocycles. The van der Waals surface area contributed by atoms with Crippen LogP contribution in [0.4, 0.5) is 0 Å². The highest BCUT2D eigenvalue weighted by atomic mass is 16.5. The zero-order valence-electron chi connectivity index (χ0n) is 68.4. The van der Waals surface area contributed by atoms with Crippen molar-refractivity contribution in [1.82, 2.24) is 0 Å². The molecule has 1 saturated carbocycles. The first kappa shape index (κ1) is 109. The summed E-state index contributed by atoms with van der Waals surface area (Å²) in [5, 5.41) is 0. The molecule has 0 aromatic carbocycles. The SMILES string of the molecule is C.C.CC(C)C1CC1C(C)C.CC(C)CC(C)C(C)C.CC(C)CC(C)C(C)C.CC(C)CCC(C)C.CC(C)CCCC(C)C(C)C.CC(C)CCCCC(C)C.CC(C)CCCCOC(C)C.CC(C)CCCOC(C)C.CC(C)CCOC(C)C. The first-order valence-corrected chi connectivity index (χ1v) is 38.2. The molecule has 0 amide bonds. The van der Waals surface area contributed by atoms with Gasteiger partial charge in [-0.2, -0.15) is 0 Å². The molecule has 5 unspecified atom stereocenters. The van der Waals surface area contributed by atoms with Crippen LogP contribution in [-0.2, 0) is 14.2 Å². The average molecular weight is 1260 g/mol. The Labute approximate surface area is 568 Å². The minimum Gasteiger partial charge on any atom is -0.379 e. The fourth-order valence-electron chi connectivity index (χ4n) is 9.08. The van der Waals surface area contributed by atoms with Gasteiger partial charge in [-0.3, -0.25) is 0 Å². The molecule has 1 aliphatic carbocycles. The van der Waals surface area contributed by atoms with E-state index in [-0.39, 0.29) is 14.9 Å². The van der Waals surface area contributed by atoms with Crippen molar-refractivity contribution in [1.29, 1.82) is 0 Å². The Bertz CT molecular complexity index is 1090. The Morgan fingerprint density at radius 3 is 0.682 bits per heavy atom. The summed E-state index contributed by atoms with van der Waals surface area (Å²) >= 11 is 0. The van der Waals surface area contributed by atoms with E-state index < -0.39 is 0 Å². The van der Waals surface area contributed by atoms with Gasteiger partial charge in [0.2, 0.25) is 0 Å². The molecule has 5 atom stereocenters. The van der Waals surface area contributed by atoms with E-state index in [0.29, 0.717) is 18.3 Å². The summed E-state index contributed by atoms with van der Waals surface area (Å²) in [6.07, 6.45) is 25.6. The lowest BCUT2D eigenvalue weighted by atomic mass is 9.90. The van der Waals surface area contributed by atoms with Gasteiger partial charge in [-0.15, -0.1) is 0 Å². The second-order valence-electron chi connectivity index (χ2n) is 34.1. The Morgan fingerprint density at radius 2 is 0.466 bits per heavy atom. The van der Waals surface area contributed by atoms with Crippen LogP contribution in [0, 0.1) is 118 Å². The highest BCUT2D eigenvalue weighted by molar-refractivity contribution is 4.89. The van der Waals surface area contributed by atoms with Crippen molar-refractivity contribution in [2.24, 2.45) is 118 Å². The molecule has 0 aromatic rings. The second-order valence-corrected chi connectivity index (χ2v) is 34.1. The van der Waals surface area contributed by atoms with Crippen molar-refractivity contribution in [3.05, 3.63) is 0 Å². The Balaban J connectivity index is -0.0000000971. The molecule has 0 aliphatic heterocycles. The quantitative estimate of drug-likeness (QED) is 0.0585. The van der Waals surface area contributed by atoms with E-state index in [9.17, 15) is 0 Å². The monoisotopic (exact) mass is 1260 g/mol. The Hall–Kier alpha value is -0.120. The van der Waals surface area contributed by atoms with E-state index in [1.165, 1.54) is 116 Å². The minimum absolute atomic E-state index is 0. The molecule has 88 heavy (non-hydrogen) atoms. The third kappa shape index (κ3) is 116. The lowest BCUT2D eigenvalue weighted by molar-refractivity contribution is 0.0709. The Morgan fingerprint density at radius 1 is 0.227 bits per heavy atom. The third-order valence-electron chi connectivity index (χ3n) is 16.4. The number of rotatable bonds is 36. The van der Waals surface area contributed by atoms with Crippen LogP contribution in [-0.4, -0.2) is 38.1 Å². The van der Waals surface area contributed by atoms with Crippen molar-refractivity contribution >= 4 is 0 Å². The summed E-state index contributed by atoms with van der Waals surface area (Å²) in [6.45, 7) is 91.0. The predicted octanol–water partition coefficient (Wildman–Crippen LogP) is 30.4. The fraction of sp³-hybridized carbons (Fsp3) is 1.00. The first-order chi connectivity index (χ1) is 39.4. The van der Waals surface area contributed by atoms with Gasteiger partial charge in [-0.05, 0) is 205 Å². The summed E-state index contributed by atoms with van der Waals surface area (Å²) in [6, 6.07) is 0. The summed E-state index contributed by atoms with van der Waals surface area (Å²) < 4.78 is 16.2. The maximum atomic E-state index is 5.42. The molecule has 548 valence electrons. The van der Waals surface area contributed by atoms with Gasteiger partial charge < -0.3 is 14.2 Å². The molecule has 3 heteroatoms. The number of hydrogen-bond donors (Lipinski definition) is 0. The molecule has 0 heterocycles. The molecular formula is C85H190O3. The summed E-state index contributed by atoms with van der Waals surface area (Å²) in [7, 11) is 0. The number of hydrogen-bond acceptors (Lipinski definition) is 3. The molecular weight excluding hydrogens is 1070 g/mol. The number of ether oxygens (including phenoxy) is 3. The summed E-state index contributed by atoms with van der Waals surface area (Å²) in [5.41, 5.74) is 0. The van der Waals surface area contributed by atoms with Crippen LogP contribution in [0.3, 0.4) is 0 Å². The highest BCUT2D eigenvalue weighted by Crippen LogP contribution is 2.48. The highest BCUT2D eigenvalue weighted by Gasteiger charge is 2.40. The molecule has 1 aliphatic rings. The van der Waals surface area contributed by atoms with E-state index in [2.05, 4.69) is 270 Å². The van der Waals surface area contributed by atoms with Crippen LogP contribution in [0.1, 0.15) is 400 Å². The largest absolute Gasteiger partial charge is 0.379 e. The molecule has 0 radical (unpaired) electrons. The van der Waals surface area contributed by atoms with E-state index in [4.69, 9.17) is 14.2 Å². The molecule has 0 spiro atoms. The zero-order valence-corrected chi connectivity index (χ0v) is 68.4. The third-order valence-corrected chi connectivity index (χ3v) is 16.4. The maximum Gasteiger partial charge on any atom is 0.0518 e. The van der Waals surface area contributed by atoms with Gasteiger partial charge in [0.05, 0.1) is 18.3 Å². The van der Waals surface area contributed by atoms with Crippen molar-refractivity contribution in [2.45, 2.75) is 419 Å². The smallest absolute Gasteiger partial charge is 0.0518 e. The predicted molar refractivity (Wildman–Crippen MR) is 417 cm³/mol. The normalized spacial score (nSPS) is 14.6. The van der Waals surface area contributed by atoms with Gasteiger partial charge in [0.15, 0.2) is 0 Å². The van der Waals surface area contributed by atoms with Gasteiger partial charge in [0.1, 0.15) is 0 Å². The maximum absolute atomic E-state index is 5.42. The molecule has 1 fully saturated rings. The van der Waals surface area contributed by atoms with E-state index in [0.717, 1.165) is 138 Å². The van der Waals surface area contributed by atoms with E-state index >= 15 is 0 Å².